The second-order valence-corrected chi connectivity index (χ2v) is 19.4. The van der Waals surface area contributed by atoms with Gasteiger partial charge in [0.15, 0.2) is 0 Å². The van der Waals surface area contributed by atoms with E-state index < -0.39 is 53.2 Å². The van der Waals surface area contributed by atoms with E-state index in [0.29, 0.717) is 55.2 Å². The Morgan fingerprint density at radius 3 is 2.22 bits per heavy atom. The van der Waals surface area contributed by atoms with Gasteiger partial charge in [0.05, 0.1) is 6.61 Å². The summed E-state index contributed by atoms with van der Waals surface area (Å²) in [6.07, 6.45) is 4.12. The number of carbonyl (C=O) groups excluding carboxylic acids is 3. The van der Waals surface area contributed by atoms with Crippen LogP contribution < -0.4 is 25.0 Å². The number of fused-ring (bicyclic) bond motifs is 2. The third kappa shape index (κ3) is 7.88. The summed E-state index contributed by atoms with van der Waals surface area (Å²) in [5.41, 5.74) is 2.86. The van der Waals surface area contributed by atoms with E-state index in [1.54, 1.807) is 28.0 Å². The van der Waals surface area contributed by atoms with Gasteiger partial charge < -0.3 is 24.6 Å². The van der Waals surface area contributed by atoms with Gasteiger partial charge >= 0.3 is 0 Å². The van der Waals surface area contributed by atoms with E-state index in [0.717, 1.165) is 50.0 Å². The number of nitrogens with zero attached hydrogens (tertiary/aromatic N) is 3. The molecule has 2 N–H and O–H groups in total. The summed E-state index contributed by atoms with van der Waals surface area (Å²) in [5, 5.41) is 5.97. The Morgan fingerprint density at radius 1 is 0.765 bits per heavy atom. The summed E-state index contributed by atoms with van der Waals surface area (Å²) in [6, 6.07) is 28.0. The lowest BCUT2D eigenvalue weighted by Gasteiger charge is -2.63. The Morgan fingerprint density at radius 2 is 1.49 bits per heavy atom. The van der Waals surface area contributed by atoms with Gasteiger partial charge in [0, 0.05) is 77.7 Å². The topological polar surface area (TPSA) is 103 Å². The van der Waals surface area contributed by atoms with Gasteiger partial charge in [-0.15, -0.1) is 0 Å². The van der Waals surface area contributed by atoms with E-state index in [2.05, 4.69) is 15.5 Å². The molecule has 6 heterocycles. The molecule has 6 aliphatic rings. The lowest BCUT2D eigenvalue weighted by Crippen LogP contribution is -2.70. The first kappa shape index (κ1) is 44.3. The lowest BCUT2D eigenvalue weighted by molar-refractivity contribution is -0.163. The predicted molar refractivity (Wildman–Crippen MR) is 246 cm³/mol. The molecule has 5 aromatic carbocycles. The number of anilines is 1. The molecule has 0 radical (unpaired) electrons. The molecular weight excluding hydrogens is 875 g/mol. The fourth-order valence-electron chi connectivity index (χ4n) is 12.3. The molecule has 11 rings (SSSR count). The van der Waals surface area contributed by atoms with Gasteiger partial charge in [-0.25, -0.2) is 17.6 Å². The minimum absolute atomic E-state index is 0.0104. The third-order valence-corrected chi connectivity index (χ3v) is 15.7. The third-order valence-electron chi connectivity index (χ3n) is 15.7. The van der Waals surface area contributed by atoms with Crippen molar-refractivity contribution in [2.24, 2.45) is 11.3 Å². The molecule has 0 aliphatic carbocycles. The van der Waals surface area contributed by atoms with Gasteiger partial charge in [-0.1, -0.05) is 60.7 Å². The lowest BCUT2D eigenvalue weighted by atomic mass is 9.62. The van der Waals surface area contributed by atoms with Gasteiger partial charge in [0.25, 0.3) is 5.91 Å². The molecule has 6 aliphatic heterocycles. The van der Waals surface area contributed by atoms with Crippen LogP contribution in [-0.2, 0) is 16.2 Å². The van der Waals surface area contributed by atoms with Crippen LogP contribution in [0, 0.1) is 34.6 Å². The monoisotopic (exact) mass is 927 g/mol. The zero-order chi connectivity index (χ0) is 46.7. The van der Waals surface area contributed by atoms with E-state index in [-0.39, 0.29) is 65.5 Å². The number of ether oxygens (including phenoxy) is 2. The highest BCUT2D eigenvalue weighted by Gasteiger charge is 2.59. The zero-order valence-corrected chi connectivity index (χ0v) is 37.6. The van der Waals surface area contributed by atoms with Crippen LogP contribution in [0.5, 0.6) is 11.5 Å². The molecule has 3 amide bonds. The molecule has 0 bridgehead atoms. The number of benzene rings is 5. The number of piperidine rings is 3. The van der Waals surface area contributed by atoms with Crippen LogP contribution in [0.2, 0.25) is 0 Å². The average Bonchev–Trinajstić information content (AvgIpc) is 3.63. The van der Waals surface area contributed by atoms with E-state index in [1.165, 1.54) is 30.3 Å². The normalized spacial score (nSPS) is 24.8. The van der Waals surface area contributed by atoms with Gasteiger partial charge in [-0.3, -0.25) is 24.6 Å². The van der Waals surface area contributed by atoms with Crippen molar-refractivity contribution in [2.75, 3.05) is 44.2 Å². The molecule has 1 spiro atoms. The van der Waals surface area contributed by atoms with Gasteiger partial charge in [-0.2, -0.15) is 0 Å². The molecule has 10 nitrogen and oxygen atoms in total. The number of carbonyl (C=O) groups is 3. The van der Waals surface area contributed by atoms with Crippen LogP contribution in [0.15, 0.2) is 103 Å². The number of nitrogens with one attached hydrogen (secondary N) is 2. The highest BCUT2D eigenvalue weighted by molar-refractivity contribution is 6.05. The minimum Gasteiger partial charge on any atom is -0.492 e. The number of hydrogen-bond donors (Lipinski definition) is 2. The van der Waals surface area contributed by atoms with Crippen LogP contribution in [0.3, 0.4) is 0 Å². The highest BCUT2D eigenvalue weighted by atomic mass is 19.1. The maximum Gasteiger partial charge on any atom is 0.256 e. The fourth-order valence-corrected chi connectivity index (χ4v) is 12.3. The molecule has 4 fully saturated rings. The molecular formula is C54H53F4N5O5. The van der Waals surface area contributed by atoms with Crippen molar-refractivity contribution in [1.82, 2.24) is 20.4 Å². The number of hydrogen-bond acceptors (Lipinski definition) is 8. The predicted octanol–water partition coefficient (Wildman–Crippen LogP) is 8.75. The summed E-state index contributed by atoms with van der Waals surface area (Å²) in [6.45, 7) is 3.54. The summed E-state index contributed by atoms with van der Waals surface area (Å²) < 4.78 is 76.6. The first-order valence-electron chi connectivity index (χ1n) is 23.9. The summed E-state index contributed by atoms with van der Waals surface area (Å²) >= 11 is 0. The molecule has 5 unspecified atom stereocenters. The maximum absolute atomic E-state index is 16.7. The van der Waals surface area contributed by atoms with Gasteiger partial charge in [-0.05, 0) is 105 Å². The number of halogens is 4. The Labute approximate surface area is 392 Å². The Bertz CT molecular complexity index is 2720. The van der Waals surface area contributed by atoms with Gasteiger partial charge in [0.2, 0.25) is 11.8 Å². The minimum atomic E-state index is -0.929. The standard InChI is InChI=1S/C54H53F4N5O5/c55-40-11-6-12-41(56)49(40)39-30-68-45-28-35(67-29-33-7-2-1-3-8-33)13-14-38(45)48(39)34-26-42(57)50(43(58)27-34)61-23-17-32(18-24-61)25-46-54(19-21-59-22-20-54)31-62(46)52-36-9-4-5-10-37(36)53(66)63(52)44-15-16-47(64)60-51(44)65/h1-14,26-28,32,39,44,46,48,52,59H,15-25,29-31H2,(H,60,64,65). The summed E-state index contributed by atoms with van der Waals surface area (Å²) in [7, 11) is 0. The molecule has 352 valence electrons. The van der Waals surface area contributed by atoms with E-state index in [9.17, 15) is 14.4 Å². The maximum atomic E-state index is 16.7. The summed E-state index contributed by atoms with van der Waals surface area (Å²) in [5.74, 6) is -4.65. The van der Waals surface area contributed by atoms with Crippen LogP contribution in [0.25, 0.3) is 0 Å². The largest absolute Gasteiger partial charge is 0.492 e. The second kappa shape index (κ2) is 18.0. The molecule has 14 heteroatoms. The van der Waals surface area contributed by atoms with Crippen molar-refractivity contribution in [2.45, 2.75) is 81.6 Å². The quantitative estimate of drug-likeness (QED) is 0.106. The molecule has 4 saturated heterocycles. The van der Waals surface area contributed by atoms with Crippen molar-refractivity contribution in [1.29, 1.82) is 0 Å². The molecule has 5 atom stereocenters. The van der Waals surface area contributed by atoms with Crippen molar-refractivity contribution in [3.63, 3.8) is 0 Å². The van der Waals surface area contributed by atoms with E-state index in [1.807, 2.05) is 54.6 Å². The Balaban J connectivity index is 0.841. The highest BCUT2D eigenvalue weighted by Crippen LogP contribution is 2.55. The second-order valence-electron chi connectivity index (χ2n) is 19.4. The van der Waals surface area contributed by atoms with Crippen molar-refractivity contribution in [3.05, 3.63) is 160 Å². The van der Waals surface area contributed by atoms with Crippen LogP contribution in [-0.4, -0.2) is 78.9 Å². The Kier molecular flexibility index (Phi) is 11.7. The molecule has 0 saturated carbocycles. The van der Waals surface area contributed by atoms with E-state index in [4.69, 9.17) is 9.47 Å². The number of imide groups is 1. The van der Waals surface area contributed by atoms with Crippen LogP contribution in [0.4, 0.5) is 23.2 Å². The SMILES string of the molecule is O=C1CCC(N2C(=O)c3ccccc3C2N2CC3(CCNCC3)C2CC2CCN(c3c(F)cc(C4c5ccc(OCc6ccccc6)cc5OCC4c4c(F)cccc4F)cc3F)CC2)C(=O)N1. The first-order valence-corrected chi connectivity index (χ1v) is 23.9. The molecule has 68 heavy (non-hydrogen) atoms. The number of amides is 3. The average molecular weight is 928 g/mol. The van der Waals surface area contributed by atoms with E-state index >= 15 is 17.6 Å². The first-order chi connectivity index (χ1) is 33.1. The summed E-state index contributed by atoms with van der Waals surface area (Å²) in [4.78, 5) is 45.5. The van der Waals surface area contributed by atoms with Crippen molar-refractivity contribution in [3.8, 4) is 11.5 Å². The smallest absolute Gasteiger partial charge is 0.256 e. The van der Waals surface area contributed by atoms with Gasteiger partial charge in [0.1, 0.15) is 59.3 Å². The fraction of sp³-hybridized carbons (Fsp3) is 0.389. The van der Waals surface area contributed by atoms with Crippen molar-refractivity contribution >= 4 is 23.4 Å². The Hall–Kier alpha value is -6.25. The zero-order valence-electron chi connectivity index (χ0n) is 37.6. The molecule has 0 aromatic heterocycles. The van der Waals surface area contributed by atoms with Crippen LogP contribution in [0.1, 0.15) is 101 Å². The number of likely N-dealkylation sites (tertiary alicyclic amines) is 1. The van der Waals surface area contributed by atoms with Crippen LogP contribution >= 0.6 is 0 Å². The molecule has 5 aromatic rings. The number of rotatable bonds is 10. The van der Waals surface area contributed by atoms with Crippen molar-refractivity contribution < 1.29 is 41.4 Å².